The van der Waals surface area contributed by atoms with E-state index in [1.165, 1.54) is 44.5 Å². The van der Waals surface area contributed by atoms with E-state index in [9.17, 15) is 0 Å². The van der Waals surface area contributed by atoms with Crippen molar-refractivity contribution >= 4 is 54.6 Å². The average Bonchev–Trinajstić information content (AvgIpc) is 3.14. The van der Waals surface area contributed by atoms with E-state index in [0.717, 1.165) is 0 Å². The van der Waals surface area contributed by atoms with E-state index in [4.69, 9.17) is 0 Å². The molecule has 0 aliphatic heterocycles. The second-order valence-electron chi connectivity index (χ2n) is 23.0. The molecule has 0 aliphatic carbocycles. The number of rotatable bonds is 10. The summed E-state index contributed by atoms with van der Waals surface area (Å²) in [5.41, 5.74) is 26.3. The molecule has 0 N–H and O–H groups in total. The minimum absolute atomic E-state index is 0. The Balaban J connectivity index is 0. The molecule has 4 aromatic rings. The maximum atomic E-state index is 4.10. The van der Waals surface area contributed by atoms with Gasteiger partial charge in [0.05, 0.1) is 0 Å². The van der Waals surface area contributed by atoms with Crippen LogP contribution < -0.4 is 75.4 Å². The second-order valence-corrected chi connectivity index (χ2v) is 43.0. The largest absolute Gasteiger partial charge is 1.00 e. The van der Waals surface area contributed by atoms with Crippen molar-refractivity contribution in [2.75, 3.05) is 0 Å². The number of hydrogen-bond acceptors (Lipinski definition) is 0. The first kappa shape index (κ1) is 65.2. The van der Waals surface area contributed by atoms with Crippen LogP contribution in [0.1, 0.15) is 105 Å². The molecule has 0 spiro atoms. The van der Waals surface area contributed by atoms with E-state index >= 15 is 0 Å². The molecule has 0 fully saturated rings. The molecule has 0 amide bonds. The van der Waals surface area contributed by atoms with Crippen LogP contribution in [0.4, 0.5) is 0 Å². The van der Waals surface area contributed by atoms with Crippen LogP contribution in [0.2, 0.25) is 72.5 Å². The third kappa shape index (κ3) is 17.9. The van der Waals surface area contributed by atoms with E-state index in [1.54, 1.807) is 0 Å². The molecule has 0 nitrogen and oxygen atoms in total. The van der Waals surface area contributed by atoms with E-state index in [0.29, 0.717) is 0 Å². The third-order valence-corrected chi connectivity index (χ3v) is 32.5. The molecule has 0 radical (unpaired) electrons. The van der Waals surface area contributed by atoms with Crippen molar-refractivity contribution in [2.24, 2.45) is 0 Å². The molecule has 64 heavy (non-hydrogen) atoms. The van der Waals surface area contributed by atoms with Crippen molar-refractivity contribution < 1.29 is 75.4 Å². The fourth-order valence-corrected chi connectivity index (χ4v) is 10.6. The van der Waals surface area contributed by atoms with E-state index in [-0.39, 0.29) is 95.6 Å². The van der Waals surface area contributed by atoms with Gasteiger partial charge >= 0.3 is 75.4 Å². The SMILES string of the molecule is CC(C)(C)[Si](C)(C)[C-]=C(C(=[C-][Si](C)(C)C(C)(C)C)c1ccccc1)c1ccccc1.CC(C)(C)[Si](C)(C)[C-]=C(C(=[C-][Si](C)(C)C(C)(C)C)c1ccccc1)c1ccccc1.[Li+].[Li+].[Li+].[Li+]. The van der Waals surface area contributed by atoms with Crippen LogP contribution in [0.3, 0.4) is 0 Å². The third-order valence-electron chi connectivity index (χ3n) is 14.0. The van der Waals surface area contributed by atoms with Gasteiger partial charge in [-0.1, -0.05) is 228 Å². The second kappa shape index (κ2) is 25.6. The van der Waals surface area contributed by atoms with Gasteiger partial charge in [-0.05, 0) is 0 Å². The van der Waals surface area contributed by atoms with Gasteiger partial charge in [-0.25, -0.2) is 0 Å². The summed E-state index contributed by atoms with van der Waals surface area (Å²) in [7, 11) is -7.20. The van der Waals surface area contributed by atoms with Gasteiger partial charge in [0.15, 0.2) is 0 Å². The molecule has 8 heteroatoms. The van der Waals surface area contributed by atoms with Gasteiger partial charge in [-0.15, -0.1) is 48.5 Å². The number of allylic oxidation sites excluding steroid dienone is 4. The van der Waals surface area contributed by atoms with Crippen molar-refractivity contribution in [3.8, 4) is 0 Å². The number of hydrogen-bond donors (Lipinski definition) is 0. The molecule has 0 aromatic heterocycles. The first-order valence-corrected chi connectivity index (χ1v) is 34.1. The van der Waals surface area contributed by atoms with Crippen LogP contribution in [0.15, 0.2) is 121 Å². The maximum absolute atomic E-state index is 4.10. The van der Waals surface area contributed by atoms with Crippen molar-refractivity contribution in [3.63, 3.8) is 0 Å². The molecule has 0 saturated carbocycles. The van der Waals surface area contributed by atoms with Crippen molar-refractivity contribution in [1.82, 2.24) is 0 Å². The Kier molecular flexibility index (Phi) is 26.1. The van der Waals surface area contributed by atoms with Crippen LogP contribution in [-0.2, 0) is 0 Å². The molecule has 4 rings (SSSR count). The molecule has 0 atom stereocenters. The zero-order valence-corrected chi connectivity index (χ0v) is 49.5. The molecule has 0 heterocycles. The van der Waals surface area contributed by atoms with Crippen molar-refractivity contribution in [2.45, 2.75) is 156 Å². The van der Waals surface area contributed by atoms with E-state index in [1.807, 2.05) is 0 Å². The quantitative estimate of drug-likeness (QED) is 0.109. The minimum atomic E-state index is -1.80. The predicted octanol–water partition coefficient (Wildman–Crippen LogP) is 5.73. The molecule has 324 valence electrons. The normalized spacial score (nSPS) is 13.8. The minimum Gasteiger partial charge on any atom is -0.297 e. The standard InChI is InChI=1S/2C28H40Si2.4Li/c2*1-27(2,3)29(7,8)21-25(23-17-13-11-14-18-23)26(24-19-15-12-16-20-24)22-30(9,10)28(4,5)6;;;;/h2*11-20H,1-10H3;;;;/q2*-2;4*+1. The van der Waals surface area contributed by atoms with Crippen LogP contribution in [0.5, 0.6) is 0 Å². The zero-order valence-electron chi connectivity index (χ0n) is 45.5. The van der Waals surface area contributed by atoms with Crippen LogP contribution in [-0.4, -0.2) is 32.3 Å². The average molecular weight is 893 g/mol. The Bertz CT molecular complexity index is 1800. The molecule has 0 aliphatic rings. The van der Waals surface area contributed by atoms with E-state index in [2.05, 4.69) is 280 Å². The first-order valence-electron chi connectivity index (χ1n) is 22.1. The summed E-state index contributed by atoms with van der Waals surface area (Å²) >= 11 is 0. The van der Waals surface area contributed by atoms with Gasteiger partial charge in [-0.3, -0.25) is 45.1 Å². The Morgan fingerprint density at radius 1 is 0.266 bits per heavy atom. The van der Waals surface area contributed by atoms with Gasteiger partial charge in [0, 0.05) is 32.3 Å². The first-order chi connectivity index (χ1) is 27.3. The molecular weight excluding hydrogens is 813 g/mol. The number of benzene rings is 4. The summed E-state index contributed by atoms with van der Waals surface area (Å²) in [6, 6.07) is 43.3. The van der Waals surface area contributed by atoms with Gasteiger partial charge < -0.3 is 0 Å². The Morgan fingerprint density at radius 3 is 0.500 bits per heavy atom. The summed E-state index contributed by atoms with van der Waals surface area (Å²) in [6.07, 6.45) is 0. The van der Waals surface area contributed by atoms with Crippen LogP contribution in [0, 0.1) is 22.8 Å². The molecule has 4 aromatic carbocycles. The summed E-state index contributed by atoms with van der Waals surface area (Å²) < 4.78 is 0. The van der Waals surface area contributed by atoms with Gasteiger partial charge in [0.2, 0.25) is 0 Å². The van der Waals surface area contributed by atoms with E-state index < -0.39 is 32.3 Å². The molecular formula is C56H80Li4Si4. The maximum Gasteiger partial charge on any atom is 1.00 e. The summed E-state index contributed by atoms with van der Waals surface area (Å²) in [5, 5.41) is 0.912. The smallest absolute Gasteiger partial charge is 0.297 e. The van der Waals surface area contributed by atoms with Crippen LogP contribution >= 0.6 is 0 Å². The Hall–Kier alpha value is -0.903. The Morgan fingerprint density at radius 2 is 0.391 bits per heavy atom. The van der Waals surface area contributed by atoms with Gasteiger partial charge in [0.1, 0.15) is 0 Å². The summed E-state index contributed by atoms with van der Waals surface area (Å²) in [4.78, 5) is 0. The fourth-order valence-electron chi connectivity index (χ4n) is 5.54. The van der Waals surface area contributed by atoms with Crippen molar-refractivity contribution in [3.05, 3.63) is 166 Å². The topological polar surface area (TPSA) is 0 Å². The van der Waals surface area contributed by atoms with Gasteiger partial charge in [0.25, 0.3) is 0 Å². The van der Waals surface area contributed by atoms with Crippen LogP contribution in [0.25, 0.3) is 22.3 Å². The fraction of sp³-hybridized carbons (Fsp3) is 0.429. The monoisotopic (exact) mass is 893 g/mol. The van der Waals surface area contributed by atoms with Crippen molar-refractivity contribution in [1.29, 1.82) is 0 Å². The summed E-state index contributed by atoms with van der Waals surface area (Å²) in [5.74, 6) is 0. The summed E-state index contributed by atoms with van der Waals surface area (Å²) in [6.45, 7) is 47.8. The van der Waals surface area contributed by atoms with Gasteiger partial charge in [-0.2, -0.15) is 22.3 Å². The molecule has 0 bridgehead atoms. The molecule has 0 unspecified atom stereocenters. The predicted molar refractivity (Wildman–Crippen MR) is 281 cm³/mol. The zero-order chi connectivity index (χ0) is 45.6. The molecule has 0 saturated heterocycles. The Labute approximate surface area is 447 Å².